The second kappa shape index (κ2) is 5.89. The number of nitrogens with one attached hydrogen (secondary N) is 1. The second-order valence-corrected chi connectivity index (χ2v) is 4.24. The van der Waals surface area contributed by atoms with Gasteiger partial charge in [-0.25, -0.2) is 0 Å². The van der Waals surface area contributed by atoms with Gasteiger partial charge in [0, 0.05) is 10.6 Å². The van der Waals surface area contributed by atoms with E-state index in [0.717, 1.165) is 11.1 Å². The molecule has 0 spiro atoms. The van der Waals surface area contributed by atoms with Crippen molar-refractivity contribution in [2.75, 3.05) is 13.7 Å². The van der Waals surface area contributed by atoms with Crippen molar-refractivity contribution in [3.05, 3.63) is 28.3 Å². The van der Waals surface area contributed by atoms with Crippen LogP contribution in [0.3, 0.4) is 0 Å². The first-order valence-corrected chi connectivity index (χ1v) is 5.70. The summed E-state index contributed by atoms with van der Waals surface area (Å²) in [6.45, 7) is 3.72. The molecule has 94 valence electrons. The van der Waals surface area contributed by atoms with E-state index in [1.165, 1.54) is 0 Å². The van der Waals surface area contributed by atoms with E-state index in [0.29, 0.717) is 10.8 Å². The molecule has 0 aromatic heterocycles. The van der Waals surface area contributed by atoms with E-state index in [2.05, 4.69) is 5.32 Å². The highest BCUT2D eigenvalue weighted by molar-refractivity contribution is 6.31. The Kier molecular flexibility index (Phi) is 4.78. The van der Waals surface area contributed by atoms with Crippen LogP contribution in [0.5, 0.6) is 5.75 Å². The van der Waals surface area contributed by atoms with Crippen molar-refractivity contribution in [3.8, 4) is 5.75 Å². The summed E-state index contributed by atoms with van der Waals surface area (Å²) in [6.07, 6.45) is 0. The lowest BCUT2D eigenvalue weighted by molar-refractivity contribution is -0.120. The number of ether oxygens (including phenoxy) is 1. The van der Waals surface area contributed by atoms with Gasteiger partial charge in [0.2, 0.25) is 5.91 Å². The highest BCUT2D eigenvalue weighted by atomic mass is 35.5. The average molecular weight is 257 g/mol. The first-order valence-electron chi connectivity index (χ1n) is 5.33. The van der Waals surface area contributed by atoms with E-state index in [4.69, 9.17) is 22.1 Å². The normalized spacial score (nSPS) is 12.1. The van der Waals surface area contributed by atoms with Crippen LogP contribution in [0.4, 0.5) is 0 Å². The van der Waals surface area contributed by atoms with Gasteiger partial charge >= 0.3 is 0 Å². The molecule has 0 bridgehead atoms. The van der Waals surface area contributed by atoms with Crippen molar-refractivity contribution < 1.29 is 9.53 Å². The van der Waals surface area contributed by atoms with Crippen LogP contribution in [0.25, 0.3) is 0 Å². The molecule has 0 saturated heterocycles. The molecule has 0 aliphatic carbocycles. The lowest BCUT2D eigenvalue weighted by Gasteiger charge is -2.18. The molecule has 1 aromatic rings. The minimum absolute atomic E-state index is 0.0355. The Morgan fingerprint density at radius 2 is 2.24 bits per heavy atom. The van der Waals surface area contributed by atoms with E-state index < -0.39 is 0 Å². The van der Waals surface area contributed by atoms with Crippen LogP contribution in [-0.2, 0) is 4.79 Å². The molecule has 1 unspecified atom stereocenters. The predicted molar refractivity (Wildman–Crippen MR) is 68.4 cm³/mol. The van der Waals surface area contributed by atoms with E-state index in [1.54, 1.807) is 13.2 Å². The second-order valence-electron chi connectivity index (χ2n) is 3.84. The highest BCUT2D eigenvalue weighted by Gasteiger charge is 2.15. The maximum Gasteiger partial charge on any atom is 0.234 e. The van der Waals surface area contributed by atoms with Crippen LogP contribution < -0.4 is 15.8 Å². The molecule has 0 radical (unpaired) electrons. The number of carbonyl (C=O) groups is 1. The van der Waals surface area contributed by atoms with Crippen molar-refractivity contribution in [1.29, 1.82) is 0 Å². The standard InChI is InChI=1S/C12H17ClN2O2/c1-7-4-11(17-3)9(5-10(7)13)8(2)15-12(16)6-14/h4-5,8H,6,14H2,1-3H3,(H,15,16). The highest BCUT2D eigenvalue weighted by Crippen LogP contribution is 2.30. The number of nitrogens with two attached hydrogens (primary N) is 1. The Morgan fingerprint density at radius 1 is 1.59 bits per heavy atom. The van der Waals surface area contributed by atoms with Gasteiger partial charge in [-0.2, -0.15) is 0 Å². The number of benzene rings is 1. The lowest BCUT2D eigenvalue weighted by atomic mass is 10.0. The minimum Gasteiger partial charge on any atom is -0.496 e. The third-order valence-corrected chi connectivity index (χ3v) is 2.95. The first kappa shape index (κ1) is 13.8. The maximum atomic E-state index is 11.2. The molecule has 5 heteroatoms. The number of rotatable bonds is 4. The van der Waals surface area contributed by atoms with Gasteiger partial charge in [-0.1, -0.05) is 11.6 Å². The third kappa shape index (κ3) is 3.35. The number of carbonyl (C=O) groups excluding carboxylic acids is 1. The zero-order chi connectivity index (χ0) is 13.0. The molecule has 3 N–H and O–H groups in total. The van der Waals surface area contributed by atoms with E-state index in [1.807, 2.05) is 19.9 Å². The molecular formula is C12H17ClN2O2. The van der Waals surface area contributed by atoms with Crippen molar-refractivity contribution in [1.82, 2.24) is 5.32 Å². The smallest absolute Gasteiger partial charge is 0.234 e. The summed E-state index contributed by atoms with van der Waals surface area (Å²) in [4.78, 5) is 11.2. The summed E-state index contributed by atoms with van der Waals surface area (Å²) < 4.78 is 5.28. The molecule has 1 aromatic carbocycles. The van der Waals surface area contributed by atoms with Gasteiger partial charge in [0.15, 0.2) is 0 Å². The van der Waals surface area contributed by atoms with Crippen molar-refractivity contribution in [2.45, 2.75) is 19.9 Å². The molecule has 0 saturated carbocycles. The Bertz CT molecular complexity index is 421. The molecule has 4 nitrogen and oxygen atoms in total. The molecule has 1 rings (SSSR count). The summed E-state index contributed by atoms with van der Waals surface area (Å²) in [5.74, 6) is 0.493. The topological polar surface area (TPSA) is 64.3 Å². The molecule has 0 fully saturated rings. The first-order chi connectivity index (χ1) is 7.99. The monoisotopic (exact) mass is 256 g/mol. The van der Waals surface area contributed by atoms with Crippen molar-refractivity contribution in [2.24, 2.45) is 5.73 Å². The zero-order valence-corrected chi connectivity index (χ0v) is 11.0. The van der Waals surface area contributed by atoms with Crippen LogP contribution in [0.1, 0.15) is 24.1 Å². The fourth-order valence-electron chi connectivity index (χ4n) is 1.56. The van der Waals surface area contributed by atoms with Gasteiger partial charge in [0.25, 0.3) is 0 Å². The number of methoxy groups -OCH3 is 1. The van der Waals surface area contributed by atoms with Gasteiger partial charge in [0.1, 0.15) is 5.75 Å². The molecule has 0 heterocycles. The van der Waals surface area contributed by atoms with Gasteiger partial charge < -0.3 is 15.8 Å². The van der Waals surface area contributed by atoms with Crippen molar-refractivity contribution >= 4 is 17.5 Å². The van der Waals surface area contributed by atoms with E-state index >= 15 is 0 Å². The fourth-order valence-corrected chi connectivity index (χ4v) is 1.74. The summed E-state index contributed by atoms with van der Waals surface area (Å²) in [5, 5.41) is 3.41. The van der Waals surface area contributed by atoms with Gasteiger partial charge in [-0.15, -0.1) is 0 Å². The third-order valence-electron chi connectivity index (χ3n) is 2.54. The summed E-state index contributed by atoms with van der Waals surface area (Å²) in [6, 6.07) is 3.46. The molecule has 1 amide bonds. The lowest BCUT2D eigenvalue weighted by Crippen LogP contribution is -2.32. The number of aryl methyl sites for hydroxylation is 1. The number of halogens is 1. The van der Waals surface area contributed by atoms with Crippen molar-refractivity contribution in [3.63, 3.8) is 0 Å². The van der Waals surface area contributed by atoms with Gasteiger partial charge in [-0.3, -0.25) is 4.79 Å². The SMILES string of the molecule is COc1cc(C)c(Cl)cc1C(C)NC(=O)CN. The minimum atomic E-state index is -0.212. The number of amides is 1. The van der Waals surface area contributed by atoms with Crippen LogP contribution in [0, 0.1) is 6.92 Å². The largest absolute Gasteiger partial charge is 0.496 e. The Balaban J connectivity index is 3.03. The Morgan fingerprint density at radius 3 is 2.76 bits per heavy atom. The fraction of sp³-hybridized carbons (Fsp3) is 0.417. The summed E-state index contributed by atoms with van der Waals surface area (Å²) in [5.41, 5.74) is 7.03. The van der Waals surface area contributed by atoms with Crippen LogP contribution in [0.15, 0.2) is 12.1 Å². The Labute approximate surface area is 106 Å². The Hall–Kier alpha value is -1.26. The van der Waals surface area contributed by atoms with E-state index in [-0.39, 0.29) is 18.5 Å². The van der Waals surface area contributed by atoms with E-state index in [9.17, 15) is 4.79 Å². The molecule has 17 heavy (non-hydrogen) atoms. The predicted octanol–water partition coefficient (Wildman–Crippen LogP) is 1.79. The average Bonchev–Trinajstić information content (AvgIpc) is 2.31. The number of hydrogen-bond acceptors (Lipinski definition) is 3. The van der Waals surface area contributed by atoms with Gasteiger partial charge in [0.05, 0.1) is 19.7 Å². The number of hydrogen-bond donors (Lipinski definition) is 2. The van der Waals surface area contributed by atoms with Crippen LogP contribution in [-0.4, -0.2) is 19.6 Å². The van der Waals surface area contributed by atoms with Crippen LogP contribution >= 0.6 is 11.6 Å². The quantitative estimate of drug-likeness (QED) is 0.863. The maximum absolute atomic E-state index is 11.2. The summed E-state index contributed by atoms with van der Waals surface area (Å²) >= 11 is 6.06. The summed E-state index contributed by atoms with van der Waals surface area (Å²) in [7, 11) is 1.59. The molecule has 1 atom stereocenters. The van der Waals surface area contributed by atoms with Gasteiger partial charge in [-0.05, 0) is 31.5 Å². The van der Waals surface area contributed by atoms with Crippen LogP contribution in [0.2, 0.25) is 5.02 Å². The molecular weight excluding hydrogens is 240 g/mol. The molecule has 0 aliphatic heterocycles. The molecule has 0 aliphatic rings. The zero-order valence-electron chi connectivity index (χ0n) is 10.2.